The van der Waals surface area contributed by atoms with Gasteiger partial charge in [0.25, 0.3) is 0 Å². The van der Waals surface area contributed by atoms with Crippen molar-refractivity contribution < 1.29 is 14.1 Å². The topological polar surface area (TPSA) is 43.9 Å². The minimum Gasteiger partial charge on any atom is -0.445 e. The molecule has 0 saturated heterocycles. The molecule has 0 radical (unpaired) electrons. The largest absolute Gasteiger partial charge is 0.445 e. The van der Waals surface area contributed by atoms with Gasteiger partial charge < -0.3 is 9.15 Å². The molecule has 2 aromatic carbocycles. The number of aryl methyl sites for hydroxylation is 2. The Hall–Kier alpha value is -2.59. The van der Waals surface area contributed by atoms with Crippen molar-refractivity contribution in [3.8, 4) is 5.75 Å². The summed E-state index contributed by atoms with van der Waals surface area (Å²) in [5.41, 5.74) is 6.22. The van der Waals surface area contributed by atoms with Crippen molar-refractivity contribution in [2.75, 3.05) is 6.73 Å². The summed E-state index contributed by atoms with van der Waals surface area (Å²) >= 11 is 0. The van der Waals surface area contributed by atoms with Gasteiger partial charge in [-0.3, -0.25) is 4.90 Å². The van der Waals surface area contributed by atoms with Crippen LogP contribution < -0.4 is 15.3 Å². The van der Waals surface area contributed by atoms with Crippen LogP contribution in [0.4, 0.5) is 0 Å². The molecule has 2 aliphatic rings. The predicted octanol–water partition coefficient (Wildman–Crippen LogP) is 2.53. The maximum absolute atomic E-state index is 12.4. The van der Waals surface area contributed by atoms with Crippen molar-refractivity contribution in [2.24, 2.45) is 0 Å². The molecule has 1 unspecified atom stereocenters. The van der Waals surface area contributed by atoms with Crippen LogP contribution >= 0.6 is 0 Å². The van der Waals surface area contributed by atoms with Crippen molar-refractivity contribution in [3.05, 3.63) is 74.6 Å². The molecule has 0 saturated carbocycles. The summed E-state index contributed by atoms with van der Waals surface area (Å²) in [5, 5.41) is 1.09. The van der Waals surface area contributed by atoms with Crippen LogP contribution in [0.3, 0.4) is 0 Å². The van der Waals surface area contributed by atoms with E-state index in [9.17, 15) is 4.79 Å². The lowest BCUT2D eigenvalue weighted by atomic mass is 10.0. The summed E-state index contributed by atoms with van der Waals surface area (Å²) in [6, 6.07) is 12.7. The van der Waals surface area contributed by atoms with Crippen molar-refractivity contribution in [1.82, 2.24) is 0 Å². The van der Waals surface area contributed by atoms with Gasteiger partial charge in [-0.2, -0.15) is 0 Å². The van der Waals surface area contributed by atoms with Crippen LogP contribution in [-0.2, 0) is 25.9 Å². The van der Waals surface area contributed by atoms with E-state index in [1.807, 2.05) is 6.07 Å². The lowest BCUT2D eigenvalue weighted by Crippen LogP contribution is -3.10. The van der Waals surface area contributed by atoms with Gasteiger partial charge in [0.2, 0.25) is 6.73 Å². The van der Waals surface area contributed by atoms with Gasteiger partial charge in [0.05, 0.1) is 5.56 Å². The summed E-state index contributed by atoms with van der Waals surface area (Å²) in [7, 11) is 0. The maximum Gasteiger partial charge on any atom is 0.339 e. The fraction of sp³-hybridized carbons (Fsp3) is 0.318. The lowest BCUT2D eigenvalue weighted by Gasteiger charge is -2.26. The summed E-state index contributed by atoms with van der Waals surface area (Å²) in [6.45, 7) is 4.43. The Bertz CT molecular complexity index is 1050. The number of rotatable bonds is 2. The Kier molecular flexibility index (Phi) is 3.61. The van der Waals surface area contributed by atoms with E-state index in [1.165, 1.54) is 21.6 Å². The first-order chi connectivity index (χ1) is 12.7. The van der Waals surface area contributed by atoms with E-state index in [-0.39, 0.29) is 5.63 Å². The van der Waals surface area contributed by atoms with Gasteiger partial charge in [0.1, 0.15) is 18.8 Å². The van der Waals surface area contributed by atoms with Gasteiger partial charge in [-0.15, -0.1) is 0 Å². The number of quaternary nitrogens is 1. The van der Waals surface area contributed by atoms with Gasteiger partial charge in [0, 0.05) is 16.5 Å². The second-order valence-electron chi connectivity index (χ2n) is 7.50. The standard InChI is InChI=1S/C22H21NO3/c1-14-5-7-15(8-6-14)11-23-12-19-20(25-13-23)10-9-17-16-3-2-4-18(16)22(24)26-21(17)19/h5-10H,2-4,11-13H2,1H3/p+1. The molecule has 1 aliphatic heterocycles. The number of hydrogen-bond donors (Lipinski definition) is 1. The van der Waals surface area contributed by atoms with E-state index >= 15 is 0 Å². The summed E-state index contributed by atoms with van der Waals surface area (Å²) in [6.07, 6.45) is 2.85. The Morgan fingerprint density at radius 1 is 1.00 bits per heavy atom. The molecule has 1 atom stereocenters. The number of fused-ring (bicyclic) bond motifs is 5. The van der Waals surface area contributed by atoms with E-state index in [1.54, 1.807) is 0 Å². The smallest absolute Gasteiger partial charge is 0.339 e. The first kappa shape index (κ1) is 15.6. The summed E-state index contributed by atoms with van der Waals surface area (Å²) < 4.78 is 11.8. The molecule has 4 nitrogen and oxygen atoms in total. The van der Waals surface area contributed by atoms with Crippen molar-refractivity contribution in [3.63, 3.8) is 0 Å². The fourth-order valence-electron chi connectivity index (χ4n) is 4.28. The first-order valence-corrected chi connectivity index (χ1v) is 9.31. The number of hydrogen-bond acceptors (Lipinski definition) is 3. The zero-order valence-electron chi connectivity index (χ0n) is 14.9. The molecule has 3 aromatic rings. The maximum atomic E-state index is 12.4. The molecule has 0 bridgehead atoms. The molecule has 4 heteroatoms. The van der Waals surface area contributed by atoms with Crippen molar-refractivity contribution in [1.29, 1.82) is 0 Å². The molecule has 5 rings (SSSR count). The highest BCUT2D eigenvalue weighted by Crippen LogP contribution is 2.33. The van der Waals surface area contributed by atoms with E-state index < -0.39 is 0 Å². The average Bonchev–Trinajstić information content (AvgIpc) is 3.14. The molecular formula is C22H22NO3+. The zero-order valence-corrected chi connectivity index (χ0v) is 14.9. The van der Waals surface area contributed by atoms with Crippen LogP contribution in [0, 0.1) is 6.92 Å². The Labute approximate surface area is 152 Å². The van der Waals surface area contributed by atoms with Gasteiger partial charge in [-0.1, -0.05) is 29.8 Å². The summed E-state index contributed by atoms with van der Waals surface area (Å²) in [5.74, 6) is 0.853. The van der Waals surface area contributed by atoms with Crippen LogP contribution in [0.2, 0.25) is 0 Å². The van der Waals surface area contributed by atoms with Crippen molar-refractivity contribution in [2.45, 2.75) is 39.3 Å². The molecule has 132 valence electrons. The highest BCUT2D eigenvalue weighted by molar-refractivity contribution is 5.86. The second-order valence-corrected chi connectivity index (χ2v) is 7.50. The van der Waals surface area contributed by atoms with Crippen LogP contribution in [0.25, 0.3) is 11.0 Å². The molecule has 0 spiro atoms. The van der Waals surface area contributed by atoms with Gasteiger partial charge in [0.15, 0.2) is 5.58 Å². The Morgan fingerprint density at radius 2 is 1.81 bits per heavy atom. The van der Waals surface area contributed by atoms with Crippen LogP contribution in [-0.4, -0.2) is 6.73 Å². The third-order valence-electron chi connectivity index (χ3n) is 5.63. The second kappa shape index (κ2) is 5.99. The highest BCUT2D eigenvalue weighted by atomic mass is 16.5. The molecule has 1 aliphatic carbocycles. The molecule has 0 amide bonds. The Morgan fingerprint density at radius 3 is 2.65 bits per heavy atom. The minimum absolute atomic E-state index is 0.163. The number of ether oxygens (including phenoxy) is 1. The zero-order chi connectivity index (χ0) is 17.7. The molecule has 26 heavy (non-hydrogen) atoms. The minimum atomic E-state index is -0.163. The normalized spacial score (nSPS) is 18.4. The van der Waals surface area contributed by atoms with Crippen LogP contribution in [0.1, 0.15) is 34.2 Å². The molecule has 0 fully saturated rings. The molecule has 1 N–H and O–H groups in total. The highest BCUT2D eigenvalue weighted by Gasteiger charge is 2.27. The quantitative estimate of drug-likeness (QED) is 0.724. The van der Waals surface area contributed by atoms with Gasteiger partial charge in [-0.25, -0.2) is 4.79 Å². The van der Waals surface area contributed by atoms with E-state index in [0.717, 1.165) is 60.2 Å². The van der Waals surface area contributed by atoms with Gasteiger partial charge in [-0.05, 0) is 43.9 Å². The number of nitrogens with one attached hydrogen (secondary N) is 1. The van der Waals surface area contributed by atoms with E-state index in [4.69, 9.17) is 9.15 Å². The van der Waals surface area contributed by atoms with Crippen molar-refractivity contribution >= 4 is 11.0 Å². The average molecular weight is 348 g/mol. The van der Waals surface area contributed by atoms with Crippen LogP contribution in [0.5, 0.6) is 5.75 Å². The van der Waals surface area contributed by atoms with E-state index in [0.29, 0.717) is 6.73 Å². The third-order valence-corrected chi connectivity index (χ3v) is 5.63. The van der Waals surface area contributed by atoms with Gasteiger partial charge >= 0.3 is 5.63 Å². The number of benzene rings is 2. The fourth-order valence-corrected chi connectivity index (χ4v) is 4.28. The summed E-state index contributed by atoms with van der Waals surface area (Å²) in [4.78, 5) is 13.7. The van der Waals surface area contributed by atoms with Crippen LogP contribution in [0.15, 0.2) is 45.6 Å². The third kappa shape index (κ3) is 2.53. The lowest BCUT2D eigenvalue weighted by molar-refractivity contribution is -0.945. The van der Waals surface area contributed by atoms with E-state index in [2.05, 4.69) is 37.3 Å². The first-order valence-electron chi connectivity index (χ1n) is 9.31. The molecule has 2 heterocycles. The molecular weight excluding hydrogens is 326 g/mol. The molecule has 1 aromatic heterocycles. The Balaban J connectivity index is 1.53. The predicted molar refractivity (Wildman–Crippen MR) is 99.6 cm³/mol. The monoisotopic (exact) mass is 348 g/mol. The SMILES string of the molecule is Cc1ccc(C[NH+]2COc3ccc4c5c(c(=O)oc4c3C2)CCC5)cc1.